The molecule has 1 heterocycles. The highest BCUT2D eigenvalue weighted by Crippen LogP contribution is 2.33. The summed E-state index contributed by atoms with van der Waals surface area (Å²) in [7, 11) is 0. The highest BCUT2D eigenvalue weighted by atomic mass is 16.5. The van der Waals surface area contributed by atoms with Crippen molar-refractivity contribution in [1.29, 1.82) is 0 Å². The summed E-state index contributed by atoms with van der Waals surface area (Å²) in [6.45, 7) is 4.55. The molecule has 0 bridgehead atoms. The lowest BCUT2D eigenvalue weighted by Crippen LogP contribution is -1.94. The Bertz CT molecular complexity index is 341. The summed E-state index contributed by atoms with van der Waals surface area (Å²) in [5.74, 6) is 0. The molecule has 0 saturated heterocycles. The first kappa shape index (κ1) is 10.4. The number of hydrogen-bond donors (Lipinski definition) is 0. The molecule has 0 amide bonds. The Hall–Kier alpha value is -1.08. The number of hydrogen-bond acceptors (Lipinski definition) is 1. The van der Waals surface area contributed by atoms with Crippen LogP contribution in [0.5, 0.6) is 0 Å². The van der Waals surface area contributed by atoms with Crippen molar-refractivity contribution in [3.05, 3.63) is 54.5 Å². The van der Waals surface area contributed by atoms with Gasteiger partial charge in [0.15, 0.2) is 0 Å². The van der Waals surface area contributed by atoms with E-state index in [1.807, 2.05) is 0 Å². The van der Waals surface area contributed by atoms with Crippen LogP contribution >= 0.6 is 0 Å². The van der Waals surface area contributed by atoms with Crippen molar-refractivity contribution in [2.75, 3.05) is 0 Å². The molecule has 1 aliphatic heterocycles. The van der Waals surface area contributed by atoms with Crippen LogP contribution in [0.2, 0.25) is 0 Å². The van der Waals surface area contributed by atoms with E-state index in [9.17, 15) is 0 Å². The van der Waals surface area contributed by atoms with E-state index in [0.717, 1.165) is 25.9 Å². The minimum absolute atomic E-state index is 0.302. The topological polar surface area (TPSA) is 9.23 Å². The lowest BCUT2D eigenvalue weighted by Gasteiger charge is -2.08. The summed E-state index contributed by atoms with van der Waals surface area (Å²) in [6.07, 6.45) is 7.64. The van der Waals surface area contributed by atoms with Crippen molar-refractivity contribution in [3.63, 3.8) is 0 Å². The highest BCUT2D eigenvalue weighted by molar-refractivity contribution is 5.31. The van der Waals surface area contributed by atoms with E-state index in [1.165, 1.54) is 11.1 Å². The van der Waals surface area contributed by atoms with E-state index < -0.39 is 0 Å². The van der Waals surface area contributed by atoms with Crippen molar-refractivity contribution in [3.8, 4) is 0 Å². The second-order valence-corrected chi connectivity index (χ2v) is 3.84. The van der Waals surface area contributed by atoms with E-state index in [0.29, 0.717) is 6.10 Å². The first-order valence-electron chi connectivity index (χ1n) is 5.55. The van der Waals surface area contributed by atoms with Crippen molar-refractivity contribution >= 4 is 0 Å². The van der Waals surface area contributed by atoms with Crippen LogP contribution in [0.3, 0.4) is 0 Å². The van der Waals surface area contributed by atoms with E-state index in [2.05, 4.69) is 43.3 Å². The average Bonchev–Trinajstić information content (AvgIpc) is 2.68. The van der Waals surface area contributed by atoms with Crippen LogP contribution in [-0.2, 0) is 11.3 Å². The van der Waals surface area contributed by atoms with Gasteiger partial charge in [-0.25, -0.2) is 0 Å². The number of fused-ring (bicyclic) bond motifs is 1. The molecule has 15 heavy (non-hydrogen) atoms. The molecule has 1 atom stereocenters. The normalized spacial score (nSPS) is 19.7. The third-order valence-electron chi connectivity index (χ3n) is 2.77. The lowest BCUT2D eigenvalue weighted by atomic mass is 10.0. The lowest BCUT2D eigenvalue weighted by molar-refractivity contribution is 0.0608. The molecule has 0 aliphatic carbocycles. The van der Waals surface area contributed by atoms with Gasteiger partial charge in [-0.2, -0.15) is 0 Å². The zero-order chi connectivity index (χ0) is 10.5. The van der Waals surface area contributed by atoms with Crippen LogP contribution in [0.15, 0.2) is 36.4 Å². The number of ether oxygens (including phenoxy) is 1. The fourth-order valence-electron chi connectivity index (χ4n) is 1.98. The van der Waals surface area contributed by atoms with Crippen molar-refractivity contribution in [2.45, 2.75) is 32.0 Å². The summed E-state index contributed by atoms with van der Waals surface area (Å²) in [5.41, 5.74) is 2.73. The second kappa shape index (κ2) is 5.13. The van der Waals surface area contributed by atoms with Crippen molar-refractivity contribution in [1.82, 2.24) is 0 Å². The molecule has 1 radical (unpaired) electrons. The number of benzene rings is 1. The molecule has 1 aromatic rings. The molecule has 0 N–H and O–H groups in total. The van der Waals surface area contributed by atoms with E-state index in [4.69, 9.17) is 4.74 Å². The minimum atomic E-state index is 0.302. The largest absolute Gasteiger partial charge is 0.369 e. The summed E-state index contributed by atoms with van der Waals surface area (Å²) >= 11 is 0. The average molecular weight is 201 g/mol. The Kier molecular flexibility index (Phi) is 3.57. The van der Waals surface area contributed by atoms with Gasteiger partial charge in [-0.3, -0.25) is 0 Å². The molecule has 0 spiro atoms. The zero-order valence-electron chi connectivity index (χ0n) is 8.99. The number of rotatable bonds is 4. The van der Waals surface area contributed by atoms with Gasteiger partial charge in [0.2, 0.25) is 0 Å². The minimum Gasteiger partial charge on any atom is -0.369 e. The molecule has 1 aliphatic rings. The van der Waals surface area contributed by atoms with Crippen LogP contribution in [0.1, 0.15) is 36.5 Å². The molecule has 0 saturated carbocycles. The van der Waals surface area contributed by atoms with Gasteiger partial charge >= 0.3 is 0 Å². The predicted octanol–water partition coefficient (Wildman–Crippen LogP) is 3.82. The molecule has 0 aromatic heterocycles. The monoisotopic (exact) mass is 201 g/mol. The van der Waals surface area contributed by atoms with Gasteiger partial charge in [-0.1, -0.05) is 36.4 Å². The molecule has 1 nitrogen and oxygen atoms in total. The first-order chi connectivity index (χ1) is 7.42. The molecule has 79 valence electrons. The zero-order valence-corrected chi connectivity index (χ0v) is 8.99. The van der Waals surface area contributed by atoms with Crippen LogP contribution in [-0.4, -0.2) is 0 Å². The first-order valence-corrected chi connectivity index (χ1v) is 5.55. The molecule has 1 heteroatoms. The van der Waals surface area contributed by atoms with Gasteiger partial charge < -0.3 is 4.74 Å². The van der Waals surface area contributed by atoms with Gasteiger partial charge in [0.05, 0.1) is 12.7 Å². The smallest absolute Gasteiger partial charge is 0.0836 e. The van der Waals surface area contributed by atoms with E-state index >= 15 is 0 Å². The van der Waals surface area contributed by atoms with Crippen LogP contribution < -0.4 is 0 Å². The third kappa shape index (κ3) is 2.48. The van der Waals surface area contributed by atoms with Gasteiger partial charge in [0.1, 0.15) is 0 Å². The van der Waals surface area contributed by atoms with E-state index in [1.54, 1.807) is 0 Å². The van der Waals surface area contributed by atoms with E-state index in [-0.39, 0.29) is 0 Å². The molecular formula is C14H17O. The quantitative estimate of drug-likeness (QED) is 0.673. The standard InChI is InChI=1S/C14H17O/c1-2-3-4-5-10-14-13-9-7-6-8-12(13)11-15-14/h3-4,6-9,14H,1-2,5,10-11H2. The maximum absolute atomic E-state index is 5.75. The van der Waals surface area contributed by atoms with Gasteiger partial charge in [-0.05, 0) is 37.3 Å². The Morgan fingerprint density at radius 1 is 1.33 bits per heavy atom. The summed E-state index contributed by atoms with van der Waals surface area (Å²) in [5, 5.41) is 0. The number of allylic oxidation sites excluding steroid dienone is 2. The Morgan fingerprint density at radius 2 is 2.20 bits per heavy atom. The van der Waals surface area contributed by atoms with Crippen LogP contribution in [0, 0.1) is 6.92 Å². The van der Waals surface area contributed by atoms with Crippen molar-refractivity contribution in [2.24, 2.45) is 0 Å². The predicted molar refractivity (Wildman–Crippen MR) is 62.3 cm³/mol. The highest BCUT2D eigenvalue weighted by Gasteiger charge is 2.21. The SMILES string of the molecule is [CH2]CC=CCCC1OCc2ccccc21. The van der Waals surface area contributed by atoms with Gasteiger partial charge in [0, 0.05) is 0 Å². The van der Waals surface area contributed by atoms with Crippen LogP contribution in [0.25, 0.3) is 0 Å². The third-order valence-corrected chi connectivity index (χ3v) is 2.77. The Morgan fingerprint density at radius 3 is 3.07 bits per heavy atom. The fourth-order valence-corrected chi connectivity index (χ4v) is 1.98. The molecular weight excluding hydrogens is 184 g/mol. The maximum atomic E-state index is 5.75. The maximum Gasteiger partial charge on any atom is 0.0836 e. The van der Waals surface area contributed by atoms with Gasteiger partial charge in [-0.15, -0.1) is 0 Å². The Balaban J connectivity index is 1.93. The molecule has 1 unspecified atom stereocenters. The molecule has 0 fully saturated rings. The van der Waals surface area contributed by atoms with Crippen LogP contribution in [0.4, 0.5) is 0 Å². The van der Waals surface area contributed by atoms with Crippen molar-refractivity contribution < 1.29 is 4.74 Å². The summed E-state index contributed by atoms with van der Waals surface area (Å²) in [6, 6.07) is 8.50. The summed E-state index contributed by atoms with van der Waals surface area (Å²) < 4.78 is 5.75. The molecule has 2 rings (SSSR count). The second-order valence-electron chi connectivity index (χ2n) is 3.84. The summed E-state index contributed by atoms with van der Waals surface area (Å²) in [4.78, 5) is 0. The molecule has 1 aromatic carbocycles. The Labute approximate surface area is 91.8 Å². The fraction of sp³-hybridized carbons (Fsp3) is 0.357. The van der Waals surface area contributed by atoms with Gasteiger partial charge in [0.25, 0.3) is 0 Å².